The van der Waals surface area contributed by atoms with Crippen LogP contribution in [-0.2, 0) is 4.74 Å². The first-order valence-electron chi connectivity index (χ1n) is 6.45. The molecule has 2 atom stereocenters. The third-order valence-corrected chi connectivity index (χ3v) is 4.01. The number of hydrogen-bond donors (Lipinski definition) is 1. The SMILES string of the molecule is CC(C)(C)OC(=O)N1C[C@@H]2CCC[C@]2(CO)C1. The molecule has 2 fully saturated rings. The topological polar surface area (TPSA) is 49.8 Å². The Morgan fingerprint density at radius 1 is 1.53 bits per heavy atom. The first-order valence-corrected chi connectivity index (χ1v) is 6.45. The molecule has 0 aromatic heterocycles. The van der Waals surface area contributed by atoms with Crippen LogP contribution in [0.5, 0.6) is 0 Å². The van der Waals surface area contributed by atoms with Crippen LogP contribution >= 0.6 is 0 Å². The van der Waals surface area contributed by atoms with Gasteiger partial charge in [0.15, 0.2) is 0 Å². The van der Waals surface area contributed by atoms with E-state index in [1.54, 1.807) is 4.90 Å². The van der Waals surface area contributed by atoms with Crippen LogP contribution in [0.1, 0.15) is 40.0 Å². The Hall–Kier alpha value is -0.770. The van der Waals surface area contributed by atoms with Gasteiger partial charge >= 0.3 is 6.09 Å². The maximum absolute atomic E-state index is 12.0. The van der Waals surface area contributed by atoms with E-state index in [1.807, 2.05) is 20.8 Å². The molecule has 98 valence electrons. The van der Waals surface area contributed by atoms with Gasteiger partial charge in [0.1, 0.15) is 5.60 Å². The molecule has 0 bridgehead atoms. The summed E-state index contributed by atoms with van der Waals surface area (Å²) in [5.74, 6) is 0.458. The van der Waals surface area contributed by atoms with Gasteiger partial charge < -0.3 is 14.7 Å². The number of hydrogen-bond acceptors (Lipinski definition) is 3. The normalized spacial score (nSPS) is 32.7. The first-order chi connectivity index (χ1) is 7.86. The Morgan fingerprint density at radius 2 is 2.24 bits per heavy atom. The van der Waals surface area contributed by atoms with E-state index in [9.17, 15) is 9.90 Å². The van der Waals surface area contributed by atoms with E-state index in [0.29, 0.717) is 12.5 Å². The Labute approximate surface area is 103 Å². The molecule has 1 heterocycles. The highest BCUT2D eigenvalue weighted by Gasteiger charge is 2.50. The Kier molecular flexibility index (Phi) is 3.10. The molecule has 0 unspecified atom stereocenters. The van der Waals surface area contributed by atoms with Crippen LogP contribution in [-0.4, -0.2) is 41.4 Å². The van der Waals surface area contributed by atoms with Gasteiger partial charge in [-0.2, -0.15) is 0 Å². The van der Waals surface area contributed by atoms with Gasteiger partial charge in [-0.05, 0) is 39.5 Å². The van der Waals surface area contributed by atoms with Crippen molar-refractivity contribution in [3.63, 3.8) is 0 Å². The lowest BCUT2D eigenvalue weighted by Gasteiger charge is -2.27. The Balaban J connectivity index is 2.00. The second-order valence-electron chi connectivity index (χ2n) is 6.47. The minimum absolute atomic E-state index is 0.0447. The molecule has 1 aliphatic carbocycles. The van der Waals surface area contributed by atoms with Crippen molar-refractivity contribution >= 4 is 6.09 Å². The van der Waals surface area contributed by atoms with Gasteiger partial charge in [-0.1, -0.05) is 6.42 Å². The number of ether oxygens (including phenoxy) is 1. The molecule has 0 spiro atoms. The zero-order chi connectivity index (χ0) is 12.7. The quantitative estimate of drug-likeness (QED) is 0.764. The summed E-state index contributed by atoms with van der Waals surface area (Å²) in [4.78, 5) is 13.7. The van der Waals surface area contributed by atoms with E-state index in [2.05, 4.69) is 0 Å². The van der Waals surface area contributed by atoms with Crippen LogP contribution in [0.25, 0.3) is 0 Å². The summed E-state index contributed by atoms with van der Waals surface area (Å²) in [6.07, 6.45) is 3.10. The molecule has 0 radical (unpaired) electrons. The van der Waals surface area contributed by atoms with Crippen molar-refractivity contribution in [1.29, 1.82) is 0 Å². The lowest BCUT2D eigenvalue weighted by Crippen LogP contribution is -2.37. The van der Waals surface area contributed by atoms with Crippen LogP contribution in [0, 0.1) is 11.3 Å². The summed E-state index contributed by atoms with van der Waals surface area (Å²) >= 11 is 0. The number of likely N-dealkylation sites (tertiary alicyclic amines) is 1. The Morgan fingerprint density at radius 3 is 2.76 bits per heavy atom. The average molecular weight is 241 g/mol. The molecule has 0 aromatic carbocycles. The third-order valence-electron chi connectivity index (χ3n) is 4.01. The fourth-order valence-electron chi connectivity index (χ4n) is 3.14. The highest BCUT2D eigenvalue weighted by atomic mass is 16.6. The lowest BCUT2D eigenvalue weighted by molar-refractivity contribution is 0.0251. The van der Waals surface area contributed by atoms with Gasteiger partial charge in [0.2, 0.25) is 0 Å². The summed E-state index contributed by atoms with van der Waals surface area (Å²) in [6, 6.07) is 0. The van der Waals surface area contributed by atoms with Crippen molar-refractivity contribution in [2.24, 2.45) is 11.3 Å². The molecule has 2 rings (SSSR count). The fraction of sp³-hybridized carbons (Fsp3) is 0.923. The standard InChI is InChI=1S/C13H23NO3/c1-12(2,3)17-11(16)14-7-10-5-4-6-13(10,8-14)9-15/h10,15H,4-9H2,1-3H3/t10-,13+/m0/s1. The smallest absolute Gasteiger partial charge is 0.410 e. The van der Waals surface area contributed by atoms with E-state index in [4.69, 9.17) is 4.74 Å². The van der Waals surface area contributed by atoms with Gasteiger partial charge in [-0.15, -0.1) is 0 Å². The maximum Gasteiger partial charge on any atom is 0.410 e. The summed E-state index contributed by atoms with van der Waals surface area (Å²) in [5, 5.41) is 9.58. The van der Waals surface area contributed by atoms with Gasteiger partial charge in [0.25, 0.3) is 0 Å². The summed E-state index contributed by atoms with van der Waals surface area (Å²) < 4.78 is 5.38. The maximum atomic E-state index is 12.0. The Bertz CT molecular complexity index is 310. The molecular formula is C13H23NO3. The van der Waals surface area contributed by atoms with E-state index in [0.717, 1.165) is 19.4 Å². The van der Waals surface area contributed by atoms with Crippen molar-refractivity contribution in [2.75, 3.05) is 19.7 Å². The number of aliphatic hydroxyl groups is 1. The van der Waals surface area contributed by atoms with E-state index < -0.39 is 5.60 Å². The van der Waals surface area contributed by atoms with Gasteiger partial charge in [-0.25, -0.2) is 4.79 Å². The number of carbonyl (C=O) groups excluding carboxylic acids is 1. The van der Waals surface area contributed by atoms with E-state index in [1.165, 1.54) is 6.42 Å². The van der Waals surface area contributed by atoms with Crippen molar-refractivity contribution < 1.29 is 14.6 Å². The molecular weight excluding hydrogens is 218 g/mol. The van der Waals surface area contributed by atoms with E-state index in [-0.39, 0.29) is 18.1 Å². The molecule has 1 saturated heterocycles. The lowest BCUT2D eigenvalue weighted by atomic mass is 9.82. The predicted octanol–water partition coefficient (Wildman–Crippen LogP) is 2.02. The summed E-state index contributed by atoms with van der Waals surface area (Å²) in [7, 11) is 0. The molecule has 1 amide bonds. The summed E-state index contributed by atoms with van der Waals surface area (Å²) in [6.45, 7) is 7.23. The minimum Gasteiger partial charge on any atom is -0.444 e. The molecule has 2 aliphatic rings. The van der Waals surface area contributed by atoms with Gasteiger partial charge in [-0.3, -0.25) is 0 Å². The molecule has 4 heteroatoms. The average Bonchev–Trinajstić information content (AvgIpc) is 2.70. The highest BCUT2D eigenvalue weighted by molar-refractivity contribution is 5.68. The van der Waals surface area contributed by atoms with Crippen LogP contribution in [0.15, 0.2) is 0 Å². The molecule has 1 saturated carbocycles. The zero-order valence-corrected chi connectivity index (χ0v) is 11.0. The molecule has 17 heavy (non-hydrogen) atoms. The molecule has 0 aromatic rings. The fourth-order valence-corrected chi connectivity index (χ4v) is 3.14. The first kappa shape index (κ1) is 12.7. The number of nitrogens with zero attached hydrogens (tertiary/aromatic N) is 1. The largest absolute Gasteiger partial charge is 0.444 e. The molecule has 1 aliphatic heterocycles. The monoisotopic (exact) mass is 241 g/mol. The van der Waals surface area contributed by atoms with Crippen LogP contribution in [0.2, 0.25) is 0 Å². The van der Waals surface area contributed by atoms with Crippen molar-refractivity contribution in [3.8, 4) is 0 Å². The van der Waals surface area contributed by atoms with Gasteiger partial charge in [0, 0.05) is 18.5 Å². The summed E-state index contributed by atoms with van der Waals surface area (Å²) in [5.41, 5.74) is -0.488. The van der Waals surface area contributed by atoms with Gasteiger partial charge in [0.05, 0.1) is 6.61 Å². The zero-order valence-electron chi connectivity index (χ0n) is 11.0. The van der Waals surface area contributed by atoms with Crippen LogP contribution in [0.3, 0.4) is 0 Å². The van der Waals surface area contributed by atoms with Crippen molar-refractivity contribution in [2.45, 2.75) is 45.6 Å². The van der Waals surface area contributed by atoms with Crippen LogP contribution < -0.4 is 0 Å². The minimum atomic E-state index is -0.443. The van der Waals surface area contributed by atoms with E-state index >= 15 is 0 Å². The predicted molar refractivity (Wildman–Crippen MR) is 64.7 cm³/mol. The number of rotatable bonds is 1. The molecule has 4 nitrogen and oxygen atoms in total. The van der Waals surface area contributed by atoms with Crippen LogP contribution in [0.4, 0.5) is 4.79 Å². The molecule has 1 N–H and O–H groups in total. The number of aliphatic hydroxyl groups excluding tert-OH is 1. The number of fused-ring (bicyclic) bond motifs is 1. The highest BCUT2D eigenvalue weighted by Crippen LogP contribution is 2.48. The second-order valence-corrected chi connectivity index (χ2v) is 6.47. The third kappa shape index (κ3) is 2.41. The number of amides is 1. The van der Waals surface area contributed by atoms with Crippen molar-refractivity contribution in [3.05, 3.63) is 0 Å². The second kappa shape index (κ2) is 4.16. The van der Waals surface area contributed by atoms with Crippen molar-refractivity contribution in [1.82, 2.24) is 4.90 Å². The number of carbonyl (C=O) groups is 1.